The Balaban J connectivity index is 1.19. The molecule has 1 aliphatic carbocycles. The minimum atomic E-state index is -0.240. The average Bonchev–Trinajstić information content (AvgIpc) is 3.25. The highest BCUT2D eigenvalue weighted by molar-refractivity contribution is 6.06. The van der Waals surface area contributed by atoms with Gasteiger partial charge in [-0.05, 0) is 92.7 Å². The molecule has 3 N–H and O–H groups in total. The summed E-state index contributed by atoms with van der Waals surface area (Å²) in [6, 6.07) is 8.21. The molecule has 2 fully saturated rings. The predicted octanol–water partition coefficient (Wildman–Crippen LogP) is 4.13. The second-order valence-electron chi connectivity index (χ2n) is 10.6. The fraction of sp³-hybridized carbons (Fsp3) is 0.367. The summed E-state index contributed by atoms with van der Waals surface area (Å²) in [5.41, 5.74) is 7.63. The van der Waals surface area contributed by atoms with Crippen LogP contribution in [0.3, 0.4) is 0 Å². The van der Waals surface area contributed by atoms with Crippen LogP contribution in [-0.4, -0.2) is 68.3 Å². The van der Waals surface area contributed by atoms with Crippen LogP contribution in [0.5, 0.6) is 0 Å². The summed E-state index contributed by atoms with van der Waals surface area (Å²) in [5, 5.41) is 21.1. The Morgan fingerprint density at radius 3 is 2.74 bits per heavy atom. The lowest BCUT2D eigenvalue weighted by Gasteiger charge is -2.33. The Kier molecular flexibility index (Phi) is 6.82. The SMILES string of the molecule is CC1=C(N2CCC(O)CC2)C=CC(NC(=O)c2n[nH]c3ccc(-c4cncc(CN5CCC5)c4)cc23)=CC1. The van der Waals surface area contributed by atoms with Crippen LogP contribution in [0, 0.1) is 0 Å². The Labute approximate surface area is 222 Å². The number of fused-ring (bicyclic) bond motifs is 1. The number of aliphatic hydroxyl groups is 1. The van der Waals surface area contributed by atoms with Crippen molar-refractivity contribution in [2.24, 2.45) is 0 Å². The first-order chi connectivity index (χ1) is 18.5. The largest absolute Gasteiger partial charge is 0.393 e. The number of piperidine rings is 1. The van der Waals surface area contributed by atoms with Crippen LogP contribution in [0.2, 0.25) is 0 Å². The van der Waals surface area contributed by atoms with E-state index in [9.17, 15) is 9.90 Å². The van der Waals surface area contributed by atoms with Gasteiger partial charge in [-0.2, -0.15) is 5.10 Å². The van der Waals surface area contributed by atoms with Crippen molar-refractivity contribution in [3.8, 4) is 11.1 Å². The van der Waals surface area contributed by atoms with Crippen molar-refractivity contribution in [1.29, 1.82) is 0 Å². The summed E-state index contributed by atoms with van der Waals surface area (Å²) >= 11 is 0. The normalized spacial score (nSPS) is 18.9. The van der Waals surface area contributed by atoms with Crippen molar-refractivity contribution in [1.82, 2.24) is 30.3 Å². The summed E-state index contributed by atoms with van der Waals surface area (Å²) in [7, 11) is 0. The van der Waals surface area contributed by atoms with Gasteiger partial charge in [0.25, 0.3) is 5.91 Å². The lowest BCUT2D eigenvalue weighted by molar-refractivity contribution is 0.0961. The number of carbonyl (C=O) groups is 1. The monoisotopic (exact) mass is 510 g/mol. The highest BCUT2D eigenvalue weighted by Crippen LogP contribution is 2.27. The van der Waals surface area contributed by atoms with Crippen LogP contribution in [0.1, 0.15) is 48.7 Å². The molecule has 2 saturated heterocycles. The smallest absolute Gasteiger partial charge is 0.276 e. The van der Waals surface area contributed by atoms with E-state index in [0.717, 1.165) is 79.7 Å². The first-order valence-electron chi connectivity index (χ1n) is 13.5. The topological polar surface area (TPSA) is 97.4 Å². The molecule has 8 nitrogen and oxygen atoms in total. The number of rotatable bonds is 6. The number of carbonyl (C=O) groups excluding carboxylic acids is 1. The molecule has 3 aromatic rings. The number of nitrogens with zero attached hydrogens (tertiary/aromatic N) is 4. The highest BCUT2D eigenvalue weighted by Gasteiger charge is 2.21. The van der Waals surface area contributed by atoms with Gasteiger partial charge in [-0.1, -0.05) is 12.1 Å². The van der Waals surface area contributed by atoms with Gasteiger partial charge in [0.2, 0.25) is 0 Å². The van der Waals surface area contributed by atoms with Crippen molar-refractivity contribution in [3.05, 3.63) is 83.1 Å². The summed E-state index contributed by atoms with van der Waals surface area (Å²) in [5.74, 6) is -0.240. The standard InChI is InChI=1S/C30H34N6O2/c1-20-3-5-24(6-8-28(20)36-13-9-25(37)10-14-36)32-30(38)29-26-16-22(4-7-27(26)33-34-29)23-15-21(17-31-18-23)19-35-11-2-12-35/h4-8,15-18,25,37H,2-3,9-14,19H2,1H3,(H,32,38)(H,33,34). The molecule has 4 heterocycles. The lowest BCUT2D eigenvalue weighted by Crippen LogP contribution is -2.36. The molecule has 1 aromatic carbocycles. The maximum Gasteiger partial charge on any atom is 0.276 e. The third-order valence-electron chi connectivity index (χ3n) is 7.81. The quantitative estimate of drug-likeness (QED) is 0.461. The zero-order valence-electron chi connectivity index (χ0n) is 21.8. The maximum atomic E-state index is 13.3. The molecule has 0 saturated carbocycles. The molecule has 8 heteroatoms. The fourth-order valence-electron chi connectivity index (χ4n) is 5.41. The van der Waals surface area contributed by atoms with Crippen LogP contribution in [-0.2, 0) is 6.54 Å². The van der Waals surface area contributed by atoms with E-state index in [4.69, 9.17) is 0 Å². The van der Waals surface area contributed by atoms with E-state index in [1.54, 1.807) is 0 Å². The third kappa shape index (κ3) is 5.14. The summed E-state index contributed by atoms with van der Waals surface area (Å²) in [6.07, 6.45) is 13.3. The lowest BCUT2D eigenvalue weighted by atomic mass is 10.0. The molecule has 0 spiro atoms. The van der Waals surface area contributed by atoms with Crippen molar-refractivity contribution < 1.29 is 9.90 Å². The number of allylic oxidation sites excluding steroid dienone is 4. The molecule has 196 valence electrons. The minimum absolute atomic E-state index is 0.204. The van der Waals surface area contributed by atoms with Crippen LogP contribution in [0.25, 0.3) is 22.0 Å². The molecule has 38 heavy (non-hydrogen) atoms. The van der Waals surface area contributed by atoms with Gasteiger partial charge in [-0.15, -0.1) is 0 Å². The van der Waals surface area contributed by atoms with Crippen molar-refractivity contribution >= 4 is 16.8 Å². The zero-order valence-corrected chi connectivity index (χ0v) is 21.8. The number of H-pyrrole nitrogens is 1. The van der Waals surface area contributed by atoms with E-state index in [0.29, 0.717) is 5.69 Å². The van der Waals surface area contributed by atoms with Gasteiger partial charge >= 0.3 is 0 Å². The molecule has 3 aliphatic rings. The Hall–Kier alpha value is -3.75. The first kappa shape index (κ1) is 24.6. The van der Waals surface area contributed by atoms with E-state index in [2.05, 4.69) is 49.4 Å². The number of amides is 1. The average molecular weight is 511 g/mol. The van der Waals surface area contributed by atoms with Gasteiger partial charge in [-0.3, -0.25) is 19.8 Å². The molecule has 2 aromatic heterocycles. The third-order valence-corrected chi connectivity index (χ3v) is 7.81. The number of likely N-dealkylation sites (tertiary alicyclic amines) is 2. The summed E-state index contributed by atoms with van der Waals surface area (Å²) in [6.45, 7) is 7.03. The molecule has 2 aliphatic heterocycles. The van der Waals surface area contributed by atoms with Gasteiger partial charge in [0.1, 0.15) is 0 Å². The number of aromatic amines is 1. The number of pyridine rings is 1. The van der Waals surface area contributed by atoms with Gasteiger partial charge in [-0.25, -0.2) is 0 Å². The van der Waals surface area contributed by atoms with Crippen LogP contribution in [0.4, 0.5) is 0 Å². The van der Waals surface area contributed by atoms with E-state index < -0.39 is 0 Å². The van der Waals surface area contributed by atoms with Gasteiger partial charge in [0.15, 0.2) is 5.69 Å². The summed E-state index contributed by atoms with van der Waals surface area (Å²) in [4.78, 5) is 22.5. The summed E-state index contributed by atoms with van der Waals surface area (Å²) < 4.78 is 0. The van der Waals surface area contributed by atoms with Crippen LogP contribution < -0.4 is 5.32 Å². The number of aliphatic hydroxyl groups excluding tert-OH is 1. The Morgan fingerprint density at radius 1 is 1.11 bits per heavy atom. The van der Waals surface area contributed by atoms with E-state index in [1.165, 1.54) is 23.3 Å². The molecule has 6 rings (SSSR count). The number of hydrogen-bond donors (Lipinski definition) is 3. The van der Waals surface area contributed by atoms with E-state index in [1.807, 2.05) is 42.7 Å². The van der Waals surface area contributed by atoms with Crippen molar-refractivity contribution in [2.75, 3.05) is 26.2 Å². The number of nitrogens with one attached hydrogen (secondary N) is 2. The molecule has 0 unspecified atom stereocenters. The zero-order chi connectivity index (χ0) is 26.1. The van der Waals surface area contributed by atoms with Gasteiger partial charge in [0, 0.05) is 54.4 Å². The minimum Gasteiger partial charge on any atom is -0.393 e. The van der Waals surface area contributed by atoms with E-state index in [-0.39, 0.29) is 12.0 Å². The molecule has 0 bridgehead atoms. The highest BCUT2D eigenvalue weighted by atomic mass is 16.3. The molecule has 1 amide bonds. The first-order valence-corrected chi connectivity index (χ1v) is 13.5. The second kappa shape index (κ2) is 10.6. The number of hydrogen-bond acceptors (Lipinski definition) is 6. The van der Waals surface area contributed by atoms with Gasteiger partial charge < -0.3 is 15.3 Å². The molecule has 0 radical (unpaired) electrons. The van der Waals surface area contributed by atoms with Crippen molar-refractivity contribution in [2.45, 2.75) is 45.3 Å². The Morgan fingerprint density at radius 2 is 1.95 bits per heavy atom. The van der Waals surface area contributed by atoms with Crippen LogP contribution >= 0.6 is 0 Å². The predicted molar refractivity (Wildman–Crippen MR) is 148 cm³/mol. The van der Waals surface area contributed by atoms with E-state index >= 15 is 0 Å². The maximum absolute atomic E-state index is 13.3. The molecular weight excluding hydrogens is 476 g/mol. The number of benzene rings is 1. The van der Waals surface area contributed by atoms with Gasteiger partial charge in [0.05, 0.1) is 11.6 Å². The van der Waals surface area contributed by atoms with Crippen LogP contribution in [0.15, 0.2) is 71.9 Å². The fourth-order valence-corrected chi connectivity index (χ4v) is 5.41. The second-order valence-corrected chi connectivity index (χ2v) is 10.6. The van der Waals surface area contributed by atoms with Crippen molar-refractivity contribution in [3.63, 3.8) is 0 Å². The number of aromatic nitrogens is 3. The molecule has 0 atom stereocenters. The Bertz CT molecular complexity index is 1440. The molecular formula is C30H34N6O2.